The number of H-pyrrole nitrogens is 1. The van der Waals surface area contributed by atoms with E-state index in [2.05, 4.69) is 15.0 Å². The topological polar surface area (TPSA) is 239 Å². The fourth-order valence-electron chi connectivity index (χ4n) is 3.49. The molecule has 0 saturated carbocycles. The molecule has 1 radical (unpaired) electrons. The maximum Gasteiger partial charge on any atom is 0.280 e. The predicted molar refractivity (Wildman–Crippen MR) is 97.7 cm³/mol. The van der Waals surface area contributed by atoms with Crippen LogP contribution in [0.1, 0.15) is 6.23 Å². The number of aromatic nitrogens is 4. The van der Waals surface area contributed by atoms with Crippen LogP contribution in [-0.4, -0.2) is 106 Å². The van der Waals surface area contributed by atoms with Crippen LogP contribution >= 0.6 is 0 Å². The molecule has 0 aromatic carbocycles. The molecule has 2 fully saturated rings. The van der Waals surface area contributed by atoms with E-state index in [1.807, 2.05) is 0 Å². The molecule has 0 amide bonds. The van der Waals surface area contributed by atoms with Gasteiger partial charge >= 0.3 is 0 Å². The van der Waals surface area contributed by atoms with Gasteiger partial charge in [0.25, 0.3) is 11.8 Å². The van der Waals surface area contributed by atoms with Crippen molar-refractivity contribution in [3.8, 4) is 0 Å². The lowest BCUT2D eigenvalue weighted by molar-refractivity contribution is -0.248. The molecule has 2 aromatic heterocycles. The average molecular weight is 444 g/mol. The van der Waals surface area contributed by atoms with Gasteiger partial charge in [-0.15, -0.1) is 0 Å². The first kappa shape index (κ1) is 22.0. The second kappa shape index (κ2) is 8.38. The highest BCUT2D eigenvalue weighted by Gasteiger charge is 2.48. The second-order valence-electron chi connectivity index (χ2n) is 7.22. The summed E-state index contributed by atoms with van der Waals surface area (Å²) in [7, 11) is 0. The van der Waals surface area contributed by atoms with Gasteiger partial charge in [0.15, 0.2) is 17.4 Å². The fraction of sp³-hybridized carbons (Fsp3) is 0.625. The summed E-state index contributed by atoms with van der Waals surface area (Å²) in [5.41, 5.74) is 4.95. The van der Waals surface area contributed by atoms with Crippen molar-refractivity contribution in [3.05, 3.63) is 23.0 Å². The first-order chi connectivity index (χ1) is 14.7. The summed E-state index contributed by atoms with van der Waals surface area (Å²) >= 11 is 0. The summed E-state index contributed by atoms with van der Waals surface area (Å²) in [6.45, 7) is -1.07. The number of nitrogens with one attached hydrogen (secondary N) is 1. The Labute approximate surface area is 173 Å². The molecule has 0 aliphatic carbocycles. The van der Waals surface area contributed by atoms with Crippen molar-refractivity contribution in [1.82, 2.24) is 19.5 Å². The SMILES string of the molecule is Nc1nc2c(ncn2[C@@H]2O[C@H](CO[C]3O[C@H](CO)[C@@H](O)[C@H](O)[C@H]3O)C(O)C2O)c(=O)[nH]1. The van der Waals surface area contributed by atoms with Crippen LogP contribution in [0.15, 0.2) is 11.1 Å². The molecule has 15 heteroatoms. The van der Waals surface area contributed by atoms with E-state index in [0.29, 0.717) is 0 Å². The lowest BCUT2D eigenvalue weighted by Crippen LogP contribution is -2.56. The van der Waals surface area contributed by atoms with Crippen molar-refractivity contribution in [3.63, 3.8) is 0 Å². The van der Waals surface area contributed by atoms with Crippen LogP contribution < -0.4 is 11.3 Å². The zero-order chi connectivity index (χ0) is 22.4. The van der Waals surface area contributed by atoms with E-state index in [9.17, 15) is 35.4 Å². The van der Waals surface area contributed by atoms with E-state index in [-0.39, 0.29) is 17.1 Å². The van der Waals surface area contributed by atoms with E-state index in [1.54, 1.807) is 0 Å². The number of nitrogens with two attached hydrogens (primary N) is 1. The van der Waals surface area contributed by atoms with Gasteiger partial charge in [-0.25, -0.2) is 4.98 Å². The number of ether oxygens (including phenoxy) is 3. The largest absolute Gasteiger partial charge is 0.394 e. The highest BCUT2D eigenvalue weighted by Crippen LogP contribution is 2.33. The van der Waals surface area contributed by atoms with E-state index < -0.39 is 74.0 Å². The average Bonchev–Trinajstić information content (AvgIpc) is 3.27. The number of nitrogen functional groups attached to an aromatic ring is 1. The van der Waals surface area contributed by atoms with Gasteiger partial charge in [0.1, 0.15) is 42.7 Å². The number of rotatable bonds is 5. The minimum absolute atomic E-state index is 0.0300. The molecule has 171 valence electrons. The molecule has 9 N–H and O–H groups in total. The Hall–Kier alpha value is -2.21. The van der Waals surface area contributed by atoms with Gasteiger partial charge in [-0.1, -0.05) is 0 Å². The lowest BCUT2D eigenvalue weighted by atomic mass is 9.99. The second-order valence-corrected chi connectivity index (χ2v) is 7.22. The zero-order valence-corrected chi connectivity index (χ0v) is 15.8. The monoisotopic (exact) mass is 444 g/mol. The van der Waals surface area contributed by atoms with Gasteiger partial charge in [-0.05, 0) is 0 Å². The fourth-order valence-corrected chi connectivity index (χ4v) is 3.49. The van der Waals surface area contributed by atoms with E-state index in [0.717, 1.165) is 0 Å². The van der Waals surface area contributed by atoms with E-state index >= 15 is 0 Å². The van der Waals surface area contributed by atoms with Crippen molar-refractivity contribution in [2.75, 3.05) is 18.9 Å². The van der Waals surface area contributed by atoms with Gasteiger partial charge in [0.2, 0.25) is 5.95 Å². The van der Waals surface area contributed by atoms with Crippen molar-refractivity contribution in [1.29, 1.82) is 0 Å². The van der Waals surface area contributed by atoms with Gasteiger partial charge < -0.3 is 50.6 Å². The number of aromatic amines is 1. The van der Waals surface area contributed by atoms with Crippen LogP contribution in [0.25, 0.3) is 11.2 Å². The third-order valence-electron chi connectivity index (χ3n) is 5.20. The molecule has 2 unspecified atom stereocenters. The third kappa shape index (κ3) is 3.79. The molecule has 8 atom stereocenters. The Morgan fingerprint density at radius 1 is 1.13 bits per heavy atom. The quantitative estimate of drug-likeness (QED) is 0.216. The Morgan fingerprint density at radius 3 is 2.55 bits per heavy atom. The summed E-state index contributed by atoms with van der Waals surface area (Å²) in [4.78, 5) is 22.1. The molecule has 2 aromatic rings. The number of aliphatic hydroxyl groups is 6. The zero-order valence-electron chi connectivity index (χ0n) is 15.8. The first-order valence-corrected chi connectivity index (χ1v) is 9.28. The lowest BCUT2D eigenvalue weighted by Gasteiger charge is -2.38. The molecule has 2 aliphatic rings. The molecule has 2 saturated heterocycles. The molecule has 31 heavy (non-hydrogen) atoms. The first-order valence-electron chi connectivity index (χ1n) is 9.28. The number of fused-ring (bicyclic) bond motifs is 1. The molecule has 4 heterocycles. The van der Waals surface area contributed by atoms with Gasteiger partial charge in [-0.3, -0.25) is 14.3 Å². The predicted octanol–water partition coefficient (Wildman–Crippen LogP) is -4.70. The Morgan fingerprint density at radius 2 is 1.84 bits per heavy atom. The molecular weight excluding hydrogens is 422 g/mol. The van der Waals surface area contributed by atoms with Gasteiger partial charge in [-0.2, -0.15) is 4.98 Å². The molecule has 2 aliphatic heterocycles. The molecule has 15 nitrogen and oxygen atoms in total. The van der Waals surface area contributed by atoms with Crippen LogP contribution in [0.5, 0.6) is 0 Å². The van der Waals surface area contributed by atoms with E-state index in [1.165, 1.54) is 10.9 Å². The number of hydrogen-bond acceptors (Lipinski definition) is 13. The minimum atomic E-state index is -1.71. The Balaban J connectivity index is 1.48. The van der Waals surface area contributed by atoms with Crippen molar-refractivity contribution < 1.29 is 44.8 Å². The third-order valence-corrected chi connectivity index (χ3v) is 5.20. The summed E-state index contributed by atoms with van der Waals surface area (Å²) in [5.74, 6) is -0.175. The summed E-state index contributed by atoms with van der Waals surface area (Å²) in [6.07, 6.45) is -10.7. The van der Waals surface area contributed by atoms with Crippen LogP contribution in [0, 0.1) is 6.29 Å². The number of imidazole rings is 1. The Kier molecular flexibility index (Phi) is 5.95. The smallest absolute Gasteiger partial charge is 0.280 e. The van der Waals surface area contributed by atoms with E-state index in [4.69, 9.17) is 19.9 Å². The molecule has 0 spiro atoms. The van der Waals surface area contributed by atoms with Crippen molar-refractivity contribution in [2.45, 2.75) is 49.0 Å². The van der Waals surface area contributed by atoms with Crippen molar-refractivity contribution >= 4 is 17.1 Å². The number of nitrogens with zero attached hydrogens (tertiary/aromatic N) is 3. The van der Waals surface area contributed by atoms with Gasteiger partial charge in [0.05, 0.1) is 19.5 Å². The summed E-state index contributed by atoms with van der Waals surface area (Å²) < 4.78 is 17.3. The van der Waals surface area contributed by atoms with Crippen LogP contribution in [0.3, 0.4) is 0 Å². The van der Waals surface area contributed by atoms with Crippen molar-refractivity contribution in [2.24, 2.45) is 0 Å². The highest BCUT2D eigenvalue weighted by molar-refractivity contribution is 5.70. The summed E-state index contributed by atoms with van der Waals surface area (Å²) in [6, 6.07) is 0. The normalized spacial score (nSPS) is 37.0. The van der Waals surface area contributed by atoms with Crippen LogP contribution in [0.4, 0.5) is 5.95 Å². The van der Waals surface area contributed by atoms with Crippen LogP contribution in [-0.2, 0) is 14.2 Å². The standard InChI is InChI=1S/C16H22N5O10/c17-16-19-12-6(13(28)20-16)18-3-21(12)14-10(26)8(24)5(30-14)2-29-15-11(27)9(25)7(23)4(1-22)31-15/h3-5,7-11,14,22-27H,1-2H2,(H3,17,19,20,28)/t4-,5-,7-,8?,9+,10?,11-,14-/m1/s1. The number of hydrogen-bond donors (Lipinski definition) is 8. The maximum atomic E-state index is 11.9. The highest BCUT2D eigenvalue weighted by atomic mass is 16.7. The van der Waals surface area contributed by atoms with Crippen LogP contribution in [0.2, 0.25) is 0 Å². The number of aliphatic hydroxyl groups excluding tert-OH is 6. The summed E-state index contributed by atoms with van der Waals surface area (Å²) in [5, 5.41) is 59.6. The molecule has 0 bridgehead atoms. The maximum absolute atomic E-state index is 11.9. The molecule has 4 rings (SSSR count). The minimum Gasteiger partial charge on any atom is -0.394 e. The molecular formula is C16H22N5O10. The number of anilines is 1. The van der Waals surface area contributed by atoms with Gasteiger partial charge in [0, 0.05) is 0 Å². The Bertz CT molecular complexity index is 981.